The van der Waals surface area contributed by atoms with E-state index in [9.17, 15) is 0 Å². The average molecular weight is 269 g/mol. The van der Waals surface area contributed by atoms with Crippen LogP contribution in [0.2, 0.25) is 0 Å². The van der Waals surface area contributed by atoms with Gasteiger partial charge in [0.05, 0.1) is 24.9 Å². The fraction of sp³-hybridized carbons (Fsp3) is 0.875. The molecule has 0 radical (unpaired) electrons. The summed E-state index contributed by atoms with van der Waals surface area (Å²) in [7, 11) is 1.74. The maximum atomic E-state index is 6.20. The Balaban J connectivity index is 2.24. The van der Waals surface area contributed by atoms with Gasteiger partial charge in [-0.15, -0.1) is 0 Å². The van der Waals surface area contributed by atoms with Crippen LogP contribution in [0.3, 0.4) is 0 Å². The molecule has 1 saturated heterocycles. The summed E-state index contributed by atoms with van der Waals surface area (Å²) in [5, 5.41) is 0. The molecule has 19 heavy (non-hydrogen) atoms. The van der Waals surface area contributed by atoms with Crippen LogP contribution in [0.1, 0.15) is 52.4 Å². The van der Waals surface area contributed by atoms with Crippen molar-refractivity contribution in [2.45, 2.75) is 70.6 Å². The summed E-state index contributed by atoms with van der Waals surface area (Å²) in [4.78, 5) is 0. The third-order valence-corrected chi connectivity index (χ3v) is 3.94. The number of unbranched alkanes of at least 4 members (excludes halogenated alkanes) is 5. The van der Waals surface area contributed by atoms with Gasteiger partial charge in [0.25, 0.3) is 0 Å². The van der Waals surface area contributed by atoms with Crippen LogP contribution in [0.25, 0.3) is 0 Å². The van der Waals surface area contributed by atoms with Crippen molar-refractivity contribution in [2.75, 3.05) is 13.7 Å². The molecule has 0 aromatic rings. The molecule has 3 nitrogen and oxygen atoms in total. The number of hydrogen-bond acceptors (Lipinski definition) is 3. The number of methoxy groups -OCH3 is 1. The number of ether oxygens (including phenoxy) is 2. The molecular weight excluding hydrogens is 238 g/mol. The minimum atomic E-state index is -0.0508. The van der Waals surface area contributed by atoms with Crippen LogP contribution in [0, 0.1) is 5.92 Å². The van der Waals surface area contributed by atoms with Gasteiger partial charge in [-0.2, -0.15) is 0 Å². The maximum Gasteiger partial charge on any atom is 0.0932 e. The van der Waals surface area contributed by atoms with Crippen molar-refractivity contribution in [3.05, 3.63) is 12.2 Å². The Morgan fingerprint density at radius 2 is 2.00 bits per heavy atom. The van der Waals surface area contributed by atoms with Crippen LogP contribution < -0.4 is 5.73 Å². The highest BCUT2D eigenvalue weighted by molar-refractivity contribution is 5.01. The molecule has 0 unspecified atom stereocenters. The van der Waals surface area contributed by atoms with Gasteiger partial charge in [-0.05, 0) is 12.8 Å². The Labute approximate surface area is 118 Å². The minimum absolute atomic E-state index is 0.0109. The van der Waals surface area contributed by atoms with Crippen LogP contribution in [-0.4, -0.2) is 32.0 Å². The summed E-state index contributed by atoms with van der Waals surface area (Å²) < 4.78 is 11.3. The molecule has 1 aliphatic heterocycles. The number of allylic oxidation sites excluding steroid dienone is 1. The van der Waals surface area contributed by atoms with Gasteiger partial charge in [-0.3, -0.25) is 0 Å². The highest BCUT2D eigenvalue weighted by Gasteiger charge is 2.34. The lowest BCUT2D eigenvalue weighted by Gasteiger charge is -2.37. The number of hydrogen-bond donors (Lipinski definition) is 1. The summed E-state index contributed by atoms with van der Waals surface area (Å²) in [5.41, 5.74) is 6.20. The average Bonchev–Trinajstić information content (AvgIpc) is 2.40. The largest absolute Gasteiger partial charge is 0.379 e. The molecule has 3 heteroatoms. The summed E-state index contributed by atoms with van der Waals surface area (Å²) in [5.74, 6) is 0.374. The van der Waals surface area contributed by atoms with Gasteiger partial charge in [0.2, 0.25) is 0 Å². The SMILES string of the molecule is CCCCCCCC=C[C@@H]1OC[C@H](C)[C@@H](OC)[C@H]1N. The quantitative estimate of drug-likeness (QED) is 0.543. The first-order valence-electron chi connectivity index (χ1n) is 7.77. The Hall–Kier alpha value is -0.380. The van der Waals surface area contributed by atoms with Crippen molar-refractivity contribution in [2.24, 2.45) is 11.7 Å². The first-order valence-corrected chi connectivity index (χ1v) is 7.77. The van der Waals surface area contributed by atoms with E-state index in [1.165, 1.54) is 32.1 Å². The second-order valence-electron chi connectivity index (χ2n) is 5.68. The van der Waals surface area contributed by atoms with Crippen molar-refractivity contribution in [3.8, 4) is 0 Å². The zero-order chi connectivity index (χ0) is 14.1. The van der Waals surface area contributed by atoms with Crippen LogP contribution in [0.5, 0.6) is 0 Å². The zero-order valence-electron chi connectivity index (χ0n) is 12.8. The third-order valence-electron chi connectivity index (χ3n) is 3.94. The normalized spacial score (nSPS) is 32.0. The van der Waals surface area contributed by atoms with Gasteiger partial charge in [0.1, 0.15) is 0 Å². The third kappa shape index (κ3) is 5.64. The molecule has 1 fully saturated rings. The fourth-order valence-electron chi connectivity index (χ4n) is 2.70. The molecule has 1 aliphatic rings. The molecule has 1 heterocycles. The number of nitrogens with two attached hydrogens (primary N) is 1. The standard InChI is InChI=1S/C16H31NO2/c1-4-5-6-7-8-9-10-11-14-15(17)16(18-3)13(2)12-19-14/h10-11,13-16H,4-9,12,17H2,1-3H3/t13-,14-,15-,16+/m0/s1. The monoisotopic (exact) mass is 269 g/mol. The molecule has 112 valence electrons. The molecule has 0 aromatic heterocycles. The predicted octanol–water partition coefficient (Wildman–Crippen LogP) is 3.28. The molecular formula is C16H31NO2. The van der Waals surface area contributed by atoms with Crippen molar-refractivity contribution in [3.63, 3.8) is 0 Å². The zero-order valence-corrected chi connectivity index (χ0v) is 12.8. The summed E-state index contributed by atoms with van der Waals surface area (Å²) in [6, 6.07) is -0.0508. The van der Waals surface area contributed by atoms with E-state index in [0.29, 0.717) is 5.92 Å². The van der Waals surface area contributed by atoms with E-state index in [2.05, 4.69) is 26.0 Å². The van der Waals surface area contributed by atoms with Crippen LogP contribution in [0.15, 0.2) is 12.2 Å². The van der Waals surface area contributed by atoms with Gasteiger partial charge >= 0.3 is 0 Å². The van der Waals surface area contributed by atoms with E-state index >= 15 is 0 Å². The maximum absolute atomic E-state index is 6.20. The van der Waals surface area contributed by atoms with E-state index in [0.717, 1.165) is 13.0 Å². The minimum Gasteiger partial charge on any atom is -0.379 e. The van der Waals surface area contributed by atoms with Gasteiger partial charge in [0.15, 0.2) is 0 Å². The van der Waals surface area contributed by atoms with Crippen molar-refractivity contribution in [1.82, 2.24) is 0 Å². The Bertz CT molecular complexity index is 255. The topological polar surface area (TPSA) is 44.5 Å². The lowest BCUT2D eigenvalue weighted by molar-refractivity contribution is -0.0899. The predicted molar refractivity (Wildman–Crippen MR) is 80.2 cm³/mol. The lowest BCUT2D eigenvalue weighted by atomic mass is 9.91. The highest BCUT2D eigenvalue weighted by atomic mass is 16.5. The summed E-state index contributed by atoms with van der Waals surface area (Å²) >= 11 is 0. The molecule has 1 rings (SSSR count). The van der Waals surface area contributed by atoms with Crippen molar-refractivity contribution in [1.29, 1.82) is 0 Å². The molecule has 0 spiro atoms. The fourth-order valence-corrected chi connectivity index (χ4v) is 2.70. The Morgan fingerprint density at radius 3 is 2.68 bits per heavy atom. The molecule has 2 N–H and O–H groups in total. The van der Waals surface area contributed by atoms with Gasteiger partial charge in [-0.25, -0.2) is 0 Å². The van der Waals surface area contributed by atoms with E-state index in [1.807, 2.05) is 0 Å². The van der Waals surface area contributed by atoms with Crippen molar-refractivity contribution < 1.29 is 9.47 Å². The molecule has 0 saturated carbocycles. The first kappa shape index (κ1) is 16.7. The molecule has 0 aliphatic carbocycles. The molecule has 0 aromatic carbocycles. The Morgan fingerprint density at radius 1 is 1.26 bits per heavy atom. The molecule has 0 amide bonds. The lowest BCUT2D eigenvalue weighted by Crippen LogP contribution is -2.54. The summed E-state index contributed by atoms with van der Waals surface area (Å²) in [6.45, 7) is 5.11. The van der Waals surface area contributed by atoms with E-state index in [1.54, 1.807) is 7.11 Å². The van der Waals surface area contributed by atoms with Gasteiger partial charge in [0, 0.05) is 13.0 Å². The smallest absolute Gasteiger partial charge is 0.0932 e. The Kier molecular flexibility index (Phi) is 8.35. The highest BCUT2D eigenvalue weighted by Crippen LogP contribution is 2.22. The second-order valence-corrected chi connectivity index (χ2v) is 5.68. The van der Waals surface area contributed by atoms with Crippen LogP contribution in [-0.2, 0) is 9.47 Å². The van der Waals surface area contributed by atoms with Gasteiger partial charge < -0.3 is 15.2 Å². The first-order chi connectivity index (χ1) is 9.20. The van der Waals surface area contributed by atoms with E-state index in [-0.39, 0.29) is 18.2 Å². The van der Waals surface area contributed by atoms with Crippen LogP contribution >= 0.6 is 0 Å². The van der Waals surface area contributed by atoms with E-state index in [4.69, 9.17) is 15.2 Å². The molecule has 0 bridgehead atoms. The van der Waals surface area contributed by atoms with Crippen LogP contribution in [0.4, 0.5) is 0 Å². The number of rotatable bonds is 8. The van der Waals surface area contributed by atoms with Gasteiger partial charge in [-0.1, -0.05) is 51.7 Å². The van der Waals surface area contributed by atoms with Crippen molar-refractivity contribution >= 4 is 0 Å². The second kappa shape index (κ2) is 9.51. The summed E-state index contributed by atoms with van der Waals surface area (Å²) in [6.07, 6.45) is 12.2. The van der Waals surface area contributed by atoms with E-state index < -0.39 is 0 Å². The molecule has 4 atom stereocenters.